The van der Waals surface area contributed by atoms with Crippen LogP contribution in [0.4, 0.5) is 25.8 Å². The van der Waals surface area contributed by atoms with Crippen molar-refractivity contribution in [1.82, 2.24) is 4.98 Å². The number of hydrogen-bond acceptors (Lipinski definition) is 3. The van der Waals surface area contributed by atoms with Crippen LogP contribution in [0.15, 0.2) is 66.7 Å². The second-order valence-electron chi connectivity index (χ2n) is 7.25. The van der Waals surface area contributed by atoms with E-state index in [1.165, 1.54) is 18.2 Å². The molecule has 3 aromatic carbocycles. The van der Waals surface area contributed by atoms with Gasteiger partial charge in [0.15, 0.2) is 0 Å². The van der Waals surface area contributed by atoms with Crippen molar-refractivity contribution in [2.75, 3.05) is 24.3 Å². The lowest BCUT2D eigenvalue weighted by Gasteiger charge is -2.18. The molecule has 0 saturated carbocycles. The van der Waals surface area contributed by atoms with Crippen LogP contribution < -0.4 is 10.2 Å². The van der Waals surface area contributed by atoms with Crippen LogP contribution in [0, 0.1) is 18.6 Å². The largest absolute Gasteiger partial charge is 0.377 e. The molecule has 0 aliphatic rings. The summed E-state index contributed by atoms with van der Waals surface area (Å²) in [7, 11) is 3.92. The summed E-state index contributed by atoms with van der Waals surface area (Å²) < 4.78 is 27.5. The molecule has 1 N–H and O–H groups in total. The number of fused-ring (bicyclic) bond motifs is 1. The number of anilines is 3. The molecule has 0 bridgehead atoms. The van der Waals surface area contributed by atoms with Crippen LogP contribution in [0.3, 0.4) is 0 Å². The average Bonchev–Trinajstić information content (AvgIpc) is 2.70. The van der Waals surface area contributed by atoms with Crippen molar-refractivity contribution in [3.63, 3.8) is 0 Å². The summed E-state index contributed by atoms with van der Waals surface area (Å²) in [6.45, 7) is 1.74. The number of aromatic nitrogens is 1. The Kier molecular flexibility index (Phi) is 4.89. The molecule has 0 aliphatic carbocycles. The Bertz CT molecular complexity index is 1200. The zero-order valence-electron chi connectivity index (χ0n) is 16.5. The van der Waals surface area contributed by atoms with Gasteiger partial charge in [0.25, 0.3) is 0 Å². The van der Waals surface area contributed by atoms with Crippen LogP contribution in [-0.2, 0) is 0 Å². The molecule has 0 radical (unpaired) electrons. The van der Waals surface area contributed by atoms with Gasteiger partial charge in [0, 0.05) is 42.1 Å². The Balaban J connectivity index is 1.78. The number of pyridine rings is 1. The molecule has 1 aromatic heterocycles. The lowest BCUT2D eigenvalue weighted by Crippen LogP contribution is -2.10. The number of nitrogens with zero attached hydrogens (tertiary/aromatic N) is 2. The lowest BCUT2D eigenvalue weighted by molar-refractivity contribution is 0.619. The van der Waals surface area contributed by atoms with Crippen LogP contribution in [0.5, 0.6) is 0 Å². The van der Waals surface area contributed by atoms with E-state index in [4.69, 9.17) is 4.98 Å². The molecule has 0 spiro atoms. The highest BCUT2D eigenvalue weighted by Gasteiger charge is 2.11. The normalized spacial score (nSPS) is 10.9. The molecule has 0 fully saturated rings. The van der Waals surface area contributed by atoms with E-state index in [9.17, 15) is 8.78 Å². The van der Waals surface area contributed by atoms with Gasteiger partial charge < -0.3 is 10.2 Å². The van der Waals surface area contributed by atoms with Gasteiger partial charge in [-0.2, -0.15) is 0 Å². The Morgan fingerprint density at radius 1 is 0.862 bits per heavy atom. The van der Waals surface area contributed by atoms with Crippen molar-refractivity contribution in [2.45, 2.75) is 6.92 Å². The first kappa shape index (κ1) is 18.9. The summed E-state index contributed by atoms with van der Waals surface area (Å²) in [4.78, 5) is 6.72. The average molecular weight is 389 g/mol. The zero-order chi connectivity index (χ0) is 20.5. The van der Waals surface area contributed by atoms with Crippen LogP contribution in [-0.4, -0.2) is 19.1 Å². The number of aryl methyl sites for hydroxylation is 1. The van der Waals surface area contributed by atoms with Crippen molar-refractivity contribution in [2.24, 2.45) is 0 Å². The third-order valence-corrected chi connectivity index (χ3v) is 4.85. The van der Waals surface area contributed by atoms with E-state index in [2.05, 4.69) is 5.32 Å². The quantitative estimate of drug-likeness (QED) is 0.444. The van der Waals surface area contributed by atoms with Gasteiger partial charge in [0.2, 0.25) is 0 Å². The first-order valence-electron chi connectivity index (χ1n) is 9.32. The molecule has 146 valence electrons. The van der Waals surface area contributed by atoms with Crippen molar-refractivity contribution in [3.8, 4) is 11.3 Å². The van der Waals surface area contributed by atoms with Gasteiger partial charge >= 0.3 is 0 Å². The topological polar surface area (TPSA) is 28.2 Å². The monoisotopic (exact) mass is 389 g/mol. The van der Waals surface area contributed by atoms with Crippen molar-refractivity contribution in [1.29, 1.82) is 0 Å². The molecule has 1 heterocycles. The molecular weight excluding hydrogens is 368 g/mol. The minimum Gasteiger partial charge on any atom is -0.377 e. The van der Waals surface area contributed by atoms with Gasteiger partial charge in [-0.1, -0.05) is 18.2 Å². The second-order valence-corrected chi connectivity index (χ2v) is 7.25. The van der Waals surface area contributed by atoms with Gasteiger partial charge in [-0.15, -0.1) is 0 Å². The Hall–Kier alpha value is -3.47. The molecule has 0 unspecified atom stereocenters. The lowest BCUT2D eigenvalue weighted by atomic mass is 10.1. The smallest absolute Gasteiger partial charge is 0.128 e. The molecule has 0 aliphatic heterocycles. The molecule has 0 saturated heterocycles. The minimum absolute atomic E-state index is 0.244. The first-order chi connectivity index (χ1) is 13.9. The highest BCUT2D eigenvalue weighted by Crippen LogP contribution is 2.32. The molecule has 4 rings (SSSR count). The third-order valence-electron chi connectivity index (χ3n) is 4.85. The Morgan fingerprint density at radius 2 is 1.62 bits per heavy atom. The fourth-order valence-electron chi connectivity index (χ4n) is 3.29. The van der Waals surface area contributed by atoms with E-state index in [1.54, 1.807) is 19.1 Å². The Labute approximate surface area is 168 Å². The van der Waals surface area contributed by atoms with Crippen LogP contribution in [0.2, 0.25) is 0 Å². The maximum Gasteiger partial charge on any atom is 0.128 e. The molecule has 29 heavy (non-hydrogen) atoms. The summed E-state index contributed by atoms with van der Waals surface area (Å²) in [6, 6.07) is 19.3. The van der Waals surface area contributed by atoms with Crippen molar-refractivity contribution >= 4 is 28.0 Å². The molecule has 5 heteroatoms. The molecule has 0 amide bonds. The van der Waals surface area contributed by atoms with Gasteiger partial charge in [-0.25, -0.2) is 13.8 Å². The number of halogens is 2. The second kappa shape index (κ2) is 7.51. The Morgan fingerprint density at radius 3 is 2.34 bits per heavy atom. The summed E-state index contributed by atoms with van der Waals surface area (Å²) >= 11 is 0. The third kappa shape index (κ3) is 3.90. The maximum absolute atomic E-state index is 13.9. The highest BCUT2D eigenvalue weighted by molar-refractivity contribution is 5.96. The molecular formula is C24H21F2N3. The zero-order valence-corrected chi connectivity index (χ0v) is 16.5. The van der Waals surface area contributed by atoms with Crippen LogP contribution >= 0.6 is 0 Å². The number of rotatable bonds is 4. The van der Waals surface area contributed by atoms with E-state index in [0.29, 0.717) is 16.9 Å². The summed E-state index contributed by atoms with van der Waals surface area (Å²) in [6.07, 6.45) is 0. The SMILES string of the molecule is Cc1ccc(Nc2ccc3nc(-c4cccc(F)c4)cc(N(C)C)c3c2)cc1F. The van der Waals surface area contributed by atoms with Crippen LogP contribution in [0.1, 0.15) is 5.56 Å². The standard InChI is InChI=1S/C24H21F2N3/c1-15-7-8-19(13-21(15)26)27-18-9-10-22-20(12-18)24(29(2)3)14-23(28-22)16-5-4-6-17(25)11-16/h4-14,27H,1-3H3. The first-order valence-corrected chi connectivity index (χ1v) is 9.32. The van der Waals surface area contributed by atoms with E-state index < -0.39 is 0 Å². The van der Waals surface area contributed by atoms with Gasteiger partial charge in [0.1, 0.15) is 11.6 Å². The summed E-state index contributed by atoms with van der Waals surface area (Å²) in [5, 5.41) is 4.20. The summed E-state index contributed by atoms with van der Waals surface area (Å²) in [5.74, 6) is -0.535. The van der Waals surface area contributed by atoms with Gasteiger partial charge in [-0.05, 0) is 61.0 Å². The van der Waals surface area contributed by atoms with Crippen molar-refractivity contribution < 1.29 is 8.78 Å². The number of benzene rings is 3. The maximum atomic E-state index is 13.9. The predicted molar refractivity (Wildman–Crippen MR) is 116 cm³/mol. The van der Waals surface area contributed by atoms with Crippen molar-refractivity contribution in [3.05, 3.63) is 83.9 Å². The van der Waals surface area contributed by atoms with Crippen LogP contribution in [0.25, 0.3) is 22.2 Å². The highest BCUT2D eigenvalue weighted by atomic mass is 19.1. The fraction of sp³-hybridized carbons (Fsp3) is 0.125. The van der Waals surface area contributed by atoms with E-state index in [0.717, 1.165) is 27.8 Å². The van der Waals surface area contributed by atoms with E-state index >= 15 is 0 Å². The molecule has 3 nitrogen and oxygen atoms in total. The van der Waals surface area contributed by atoms with E-state index in [1.807, 2.05) is 55.4 Å². The summed E-state index contributed by atoms with van der Waals surface area (Å²) in [5.41, 5.74) is 5.34. The number of nitrogens with one attached hydrogen (secondary N) is 1. The van der Waals surface area contributed by atoms with Gasteiger partial charge in [-0.3, -0.25) is 0 Å². The number of hydrogen-bond donors (Lipinski definition) is 1. The fourth-order valence-corrected chi connectivity index (χ4v) is 3.29. The van der Waals surface area contributed by atoms with E-state index in [-0.39, 0.29) is 11.6 Å². The molecule has 0 atom stereocenters. The molecule has 4 aromatic rings. The van der Waals surface area contributed by atoms with Gasteiger partial charge in [0.05, 0.1) is 11.2 Å². The predicted octanol–water partition coefficient (Wildman–Crippen LogP) is 6.30. The minimum atomic E-state index is -0.291.